The SMILES string of the molecule is Cc1ccc(SC(c2ccccc2)C(C)[N+](=O)[O-])cc1. The van der Waals surface area contributed by atoms with Gasteiger partial charge < -0.3 is 0 Å². The second kappa shape index (κ2) is 6.57. The lowest BCUT2D eigenvalue weighted by atomic mass is 10.1. The van der Waals surface area contributed by atoms with Gasteiger partial charge in [0.25, 0.3) is 0 Å². The van der Waals surface area contributed by atoms with Crippen LogP contribution >= 0.6 is 11.8 Å². The highest BCUT2D eigenvalue weighted by atomic mass is 32.2. The van der Waals surface area contributed by atoms with Crippen molar-refractivity contribution in [3.63, 3.8) is 0 Å². The van der Waals surface area contributed by atoms with Gasteiger partial charge in [0.05, 0.1) is 0 Å². The molecule has 0 amide bonds. The van der Waals surface area contributed by atoms with Crippen LogP contribution in [0.15, 0.2) is 59.5 Å². The number of rotatable bonds is 5. The molecule has 0 aliphatic heterocycles. The average molecular weight is 287 g/mol. The molecule has 0 fully saturated rings. The lowest BCUT2D eigenvalue weighted by molar-refractivity contribution is -0.518. The molecule has 2 atom stereocenters. The maximum absolute atomic E-state index is 11.2. The van der Waals surface area contributed by atoms with Crippen LogP contribution in [0.3, 0.4) is 0 Å². The summed E-state index contributed by atoms with van der Waals surface area (Å²) >= 11 is 1.55. The fourth-order valence-electron chi connectivity index (χ4n) is 1.96. The molecule has 2 rings (SSSR count). The first kappa shape index (κ1) is 14.6. The first-order valence-electron chi connectivity index (χ1n) is 6.49. The standard InChI is InChI=1S/C16H17NO2S/c1-12-8-10-15(11-9-12)20-16(13(2)17(18)19)14-6-4-3-5-7-14/h3-11,13,16H,1-2H3. The fraction of sp³-hybridized carbons (Fsp3) is 0.250. The minimum atomic E-state index is -0.635. The number of benzene rings is 2. The molecule has 2 unspecified atom stereocenters. The summed E-state index contributed by atoms with van der Waals surface area (Å²) in [5.41, 5.74) is 2.18. The van der Waals surface area contributed by atoms with Crippen LogP contribution in [0.4, 0.5) is 0 Å². The van der Waals surface area contributed by atoms with Crippen LogP contribution in [0, 0.1) is 17.0 Å². The Hall–Kier alpha value is -1.81. The van der Waals surface area contributed by atoms with Crippen molar-refractivity contribution < 1.29 is 4.92 Å². The van der Waals surface area contributed by atoms with Crippen LogP contribution in [-0.2, 0) is 0 Å². The number of aryl methyl sites for hydroxylation is 1. The van der Waals surface area contributed by atoms with E-state index in [-0.39, 0.29) is 10.2 Å². The predicted octanol–water partition coefficient (Wildman–Crippen LogP) is 4.49. The van der Waals surface area contributed by atoms with Crippen LogP contribution in [0.25, 0.3) is 0 Å². The van der Waals surface area contributed by atoms with E-state index in [0.29, 0.717) is 0 Å². The number of nitrogens with zero attached hydrogens (tertiary/aromatic N) is 1. The van der Waals surface area contributed by atoms with Gasteiger partial charge in [-0.15, -0.1) is 11.8 Å². The van der Waals surface area contributed by atoms with Crippen LogP contribution in [-0.4, -0.2) is 11.0 Å². The van der Waals surface area contributed by atoms with Gasteiger partial charge in [-0.25, -0.2) is 0 Å². The zero-order valence-corrected chi connectivity index (χ0v) is 12.3. The third-order valence-corrected chi connectivity index (χ3v) is 4.65. The summed E-state index contributed by atoms with van der Waals surface area (Å²) in [6.45, 7) is 3.70. The minimum absolute atomic E-state index is 0.186. The summed E-state index contributed by atoms with van der Waals surface area (Å²) in [5.74, 6) is 0. The van der Waals surface area contributed by atoms with Crippen molar-refractivity contribution in [2.24, 2.45) is 0 Å². The van der Waals surface area contributed by atoms with Crippen LogP contribution in [0.1, 0.15) is 23.3 Å². The van der Waals surface area contributed by atoms with Gasteiger partial charge in [0.15, 0.2) is 0 Å². The Morgan fingerprint density at radius 3 is 2.20 bits per heavy atom. The van der Waals surface area contributed by atoms with Gasteiger partial charge in [-0.2, -0.15) is 0 Å². The predicted molar refractivity (Wildman–Crippen MR) is 82.7 cm³/mol. The molecule has 2 aromatic carbocycles. The zero-order chi connectivity index (χ0) is 14.5. The smallest absolute Gasteiger partial charge is 0.226 e. The third-order valence-electron chi connectivity index (χ3n) is 3.18. The lowest BCUT2D eigenvalue weighted by Gasteiger charge is -2.18. The van der Waals surface area contributed by atoms with Gasteiger partial charge in [0, 0.05) is 16.7 Å². The molecule has 0 saturated carbocycles. The van der Waals surface area contributed by atoms with Gasteiger partial charge in [-0.1, -0.05) is 48.0 Å². The van der Waals surface area contributed by atoms with Crippen molar-refractivity contribution in [2.45, 2.75) is 30.0 Å². The van der Waals surface area contributed by atoms with E-state index >= 15 is 0 Å². The third kappa shape index (κ3) is 3.61. The molecule has 0 radical (unpaired) electrons. The Labute approximate surface area is 123 Å². The molecule has 104 valence electrons. The molecule has 0 N–H and O–H groups in total. The molecule has 2 aromatic rings. The average Bonchev–Trinajstić information content (AvgIpc) is 2.47. The molecule has 0 aromatic heterocycles. The Bertz CT molecular complexity index is 569. The number of thioether (sulfide) groups is 1. The molecule has 3 nitrogen and oxygen atoms in total. The van der Waals surface area contributed by atoms with E-state index in [1.165, 1.54) is 5.56 Å². The molecule has 4 heteroatoms. The van der Waals surface area contributed by atoms with Crippen molar-refractivity contribution >= 4 is 11.8 Å². The molecule has 0 aliphatic carbocycles. The van der Waals surface area contributed by atoms with Crippen molar-refractivity contribution in [1.82, 2.24) is 0 Å². The van der Waals surface area contributed by atoms with Gasteiger partial charge >= 0.3 is 0 Å². The second-order valence-electron chi connectivity index (χ2n) is 4.79. The number of hydrogen-bond acceptors (Lipinski definition) is 3. The first-order valence-corrected chi connectivity index (χ1v) is 7.37. The highest BCUT2D eigenvalue weighted by Gasteiger charge is 2.29. The van der Waals surface area contributed by atoms with Crippen LogP contribution in [0.2, 0.25) is 0 Å². The summed E-state index contributed by atoms with van der Waals surface area (Å²) in [6.07, 6.45) is 0. The summed E-state index contributed by atoms with van der Waals surface area (Å²) in [5, 5.41) is 11.0. The van der Waals surface area contributed by atoms with E-state index in [1.54, 1.807) is 18.7 Å². The first-order chi connectivity index (χ1) is 9.58. The van der Waals surface area contributed by atoms with E-state index < -0.39 is 6.04 Å². The molecule has 20 heavy (non-hydrogen) atoms. The quantitative estimate of drug-likeness (QED) is 0.462. The Morgan fingerprint density at radius 1 is 1.05 bits per heavy atom. The molecule has 0 spiro atoms. The van der Waals surface area contributed by atoms with Gasteiger partial charge in [0.1, 0.15) is 5.25 Å². The molecular formula is C16H17NO2S. The zero-order valence-electron chi connectivity index (χ0n) is 11.5. The highest BCUT2D eigenvalue weighted by molar-refractivity contribution is 7.99. The lowest BCUT2D eigenvalue weighted by Crippen LogP contribution is -2.22. The van der Waals surface area contributed by atoms with Crippen molar-refractivity contribution in [1.29, 1.82) is 0 Å². The van der Waals surface area contributed by atoms with Crippen LogP contribution in [0.5, 0.6) is 0 Å². The summed E-state index contributed by atoms with van der Waals surface area (Å²) in [7, 11) is 0. The summed E-state index contributed by atoms with van der Waals surface area (Å²) < 4.78 is 0. The monoisotopic (exact) mass is 287 g/mol. The highest BCUT2D eigenvalue weighted by Crippen LogP contribution is 2.38. The van der Waals surface area contributed by atoms with Crippen LogP contribution < -0.4 is 0 Å². The molecule has 0 aliphatic rings. The minimum Gasteiger partial charge on any atom is -0.264 e. The fourth-order valence-corrected chi connectivity index (χ4v) is 3.14. The van der Waals surface area contributed by atoms with Gasteiger partial charge in [-0.3, -0.25) is 10.1 Å². The number of hydrogen-bond donors (Lipinski definition) is 0. The van der Waals surface area contributed by atoms with Crippen molar-refractivity contribution in [3.05, 3.63) is 75.8 Å². The van der Waals surface area contributed by atoms with Crippen molar-refractivity contribution in [2.75, 3.05) is 0 Å². The van der Waals surface area contributed by atoms with E-state index in [4.69, 9.17) is 0 Å². The van der Waals surface area contributed by atoms with E-state index in [0.717, 1.165) is 10.5 Å². The second-order valence-corrected chi connectivity index (χ2v) is 6.00. The van der Waals surface area contributed by atoms with Gasteiger partial charge in [0.2, 0.25) is 6.04 Å². The topological polar surface area (TPSA) is 43.1 Å². The molecule has 0 heterocycles. The summed E-state index contributed by atoms with van der Waals surface area (Å²) in [4.78, 5) is 12.0. The van der Waals surface area contributed by atoms with E-state index in [2.05, 4.69) is 0 Å². The molecule has 0 bridgehead atoms. The Kier molecular flexibility index (Phi) is 4.79. The van der Waals surface area contributed by atoms with Gasteiger partial charge in [-0.05, 0) is 24.6 Å². The number of nitro groups is 1. The van der Waals surface area contributed by atoms with E-state index in [9.17, 15) is 10.1 Å². The molecule has 0 saturated heterocycles. The maximum Gasteiger partial charge on any atom is 0.226 e. The maximum atomic E-state index is 11.2. The Balaban J connectivity index is 2.27. The normalized spacial score (nSPS) is 13.7. The molecular weight excluding hydrogens is 270 g/mol. The Morgan fingerprint density at radius 2 is 1.65 bits per heavy atom. The largest absolute Gasteiger partial charge is 0.264 e. The van der Waals surface area contributed by atoms with E-state index in [1.807, 2.05) is 61.5 Å². The summed E-state index contributed by atoms with van der Waals surface area (Å²) in [6, 6.07) is 17.1. The van der Waals surface area contributed by atoms with Crippen molar-refractivity contribution in [3.8, 4) is 0 Å².